The zero-order valence-corrected chi connectivity index (χ0v) is 13.8. The van der Waals surface area contributed by atoms with Crippen molar-refractivity contribution < 1.29 is 9.90 Å². The lowest BCUT2D eigenvalue weighted by atomic mass is 9.76. The zero-order valence-electron chi connectivity index (χ0n) is 13.8. The van der Waals surface area contributed by atoms with Crippen LogP contribution >= 0.6 is 0 Å². The van der Waals surface area contributed by atoms with E-state index in [1.54, 1.807) is 6.33 Å². The van der Waals surface area contributed by atoms with Gasteiger partial charge in [0.2, 0.25) is 0 Å². The van der Waals surface area contributed by atoms with Gasteiger partial charge in [-0.3, -0.25) is 4.79 Å². The van der Waals surface area contributed by atoms with E-state index in [-0.39, 0.29) is 11.5 Å². The molecule has 1 aromatic heterocycles. The Kier molecular flexibility index (Phi) is 3.64. The summed E-state index contributed by atoms with van der Waals surface area (Å²) < 4.78 is 0. The Hall–Kier alpha value is -2.21. The summed E-state index contributed by atoms with van der Waals surface area (Å²) in [7, 11) is 0. The number of aromatic nitrogens is 2. The second-order valence-electron chi connectivity index (χ2n) is 7.18. The van der Waals surface area contributed by atoms with Crippen LogP contribution in [0.25, 0.3) is 10.9 Å². The number of carbonyl (C=O) groups is 1. The average molecular weight is 326 g/mol. The van der Waals surface area contributed by atoms with E-state index in [1.807, 2.05) is 6.07 Å². The summed E-state index contributed by atoms with van der Waals surface area (Å²) in [6.45, 7) is 4.71. The number of carboxylic acid groups (broad SMARTS) is 1. The van der Waals surface area contributed by atoms with Gasteiger partial charge in [0.25, 0.3) is 0 Å². The Balaban J connectivity index is 1.55. The van der Waals surface area contributed by atoms with E-state index >= 15 is 0 Å². The van der Waals surface area contributed by atoms with Crippen LogP contribution in [-0.2, 0) is 4.79 Å². The summed E-state index contributed by atoms with van der Waals surface area (Å²) in [5.41, 5.74) is 2.30. The van der Waals surface area contributed by atoms with Crippen LogP contribution in [-0.4, -0.2) is 46.7 Å². The first kappa shape index (κ1) is 15.3. The highest BCUT2D eigenvalue weighted by atomic mass is 16.4. The molecule has 6 heteroatoms. The molecule has 2 aliphatic rings. The van der Waals surface area contributed by atoms with Gasteiger partial charge in [-0.1, -0.05) is 11.6 Å². The lowest BCUT2D eigenvalue weighted by molar-refractivity contribution is -0.139. The highest BCUT2D eigenvalue weighted by molar-refractivity contribution is 5.89. The number of nitrogens with zero attached hydrogens (tertiary/aromatic N) is 3. The van der Waals surface area contributed by atoms with Gasteiger partial charge in [-0.15, -0.1) is 0 Å². The molecule has 1 aromatic carbocycles. The fraction of sp³-hybridized carbons (Fsp3) is 0.500. The number of piperidine rings is 1. The van der Waals surface area contributed by atoms with E-state index in [4.69, 9.17) is 0 Å². The normalized spacial score (nSPS) is 23.0. The van der Waals surface area contributed by atoms with E-state index < -0.39 is 5.97 Å². The van der Waals surface area contributed by atoms with Gasteiger partial charge in [-0.05, 0) is 43.7 Å². The number of hydrogen-bond acceptors (Lipinski definition) is 5. The third-order valence-corrected chi connectivity index (χ3v) is 5.55. The largest absolute Gasteiger partial charge is 0.480 e. The topological polar surface area (TPSA) is 78.4 Å². The number of carboxylic acids is 1. The van der Waals surface area contributed by atoms with Crippen LogP contribution < -0.4 is 10.2 Å². The second-order valence-corrected chi connectivity index (χ2v) is 7.18. The van der Waals surface area contributed by atoms with Gasteiger partial charge in [0.1, 0.15) is 18.2 Å². The maximum absolute atomic E-state index is 11.2. The maximum Gasteiger partial charge on any atom is 0.320 e. The lowest BCUT2D eigenvalue weighted by Gasteiger charge is -2.39. The molecule has 3 heterocycles. The fourth-order valence-electron chi connectivity index (χ4n) is 4.07. The number of nitrogens with one attached hydrogen (secondary N) is 1. The first-order valence-electron chi connectivity index (χ1n) is 8.49. The molecule has 0 aliphatic carbocycles. The Bertz CT molecular complexity index is 784. The monoisotopic (exact) mass is 326 g/mol. The molecule has 126 valence electrons. The Morgan fingerprint density at radius 1 is 1.33 bits per heavy atom. The molecule has 0 amide bonds. The highest BCUT2D eigenvalue weighted by Gasteiger charge is 2.43. The summed E-state index contributed by atoms with van der Waals surface area (Å²) in [6.07, 6.45) is 4.37. The third kappa shape index (κ3) is 2.60. The van der Waals surface area contributed by atoms with Crippen molar-refractivity contribution in [3.8, 4) is 0 Å². The number of aryl methyl sites for hydroxylation is 1. The van der Waals surface area contributed by atoms with Crippen molar-refractivity contribution in [2.24, 2.45) is 5.41 Å². The van der Waals surface area contributed by atoms with Crippen LogP contribution in [0.1, 0.15) is 24.8 Å². The van der Waals surface area contributed by atoms with Crippen molar-refractivity contribution in [3.05, 3.63) is 30.1 Å². The summed E-state index contributed by atoms with van der Waals surface area (Å²) in [5, 5.41) is 13.5. The molecule has 2 N–H and O–H groups in total. The van der Waals surface area contributed by atoms with Gasteiger partial charge in [0.05, 0.1) is 5.52 Å². The van der Waals surface area contributed by atoms with Crippen LogP contribution in [0.3, 0.4) is 0 Å². The van der Waals surface area contributed by atoms with Crippen molar-refractivity contribution in [3.63, 3.8) is 0 Å². The Morgan fingerprint density at radius 2 is 2.12 bits per heavy atom. The maximum atomic E-state index is 11.2. The summed E-state index contributed by atoms with van der Waals surface area (Å²) in [6, 6.07) is 5.87. The van der Waals surface area contributed by atoms with Crippen molar-refractivity contribution in [1.29, 1.82) is 0 Å². The molecular weight excluding hydrogens is 304 g/mol. The van der Waals surface area contributed by atoms with Crippen LogP contribution in [0.15, 0.2) is 24.5 Å². The minimum atomic E-state index is -0.730. The minimum absolute atomic E-state index is 0.123. The molecule has 2 saturated heterocycles. The predicted octanol–water partition coefficient (Wildman–Crippen LogP) is 1.97. The van der Waals surface area contributed by atoms with Gasteiger partial charge in [0.15, 0.2) is 0 Å². The van der Waals surface area contributed by atoms with Crippen molar-refractivity contribution in [2.45, 2.75) is 32.2 Å². The molecule has 2 fully saturated rings. The molecule has 0 bridgehead atoms. The van der Waals surface area contributed by atoms with Gasteiger partial charge in [-0.25, -0.2) is 9.97 Å². The summed E-state index contributed by atoms with van der Waals surface area (Å²) in [5.74, 6) is 0.269. The van der Waals surface area contributed by atoms with Crippen molar-refractivity contribution in [1.82, 2.24) is 15.3 Å². The molecule has 1 atom stereocenters. The molecule has 2 aromatic rings. The smallest absolute Gasteiger partial charge is 0.320 e. The van der Waals surface area contributed by atoms with E-state index in [2.05, 4.69) is 39.2 Å². The van der Waals surface area contributed by atoms with E-state index in [9.17, 15) is 9.90 Å². The molecule has 1 spiro atoms. The number of benzene rings is 1. The number of anilines is 1. The highest BCUT2D eigenvalue weighted by Crippen LogP contribution is 2.40. The van der Waals surface area contributed by atoms with E-state index in [1.165, 1.54) is 5.56 Å². The van der Waals surface area contributed by atoms with Crippen molar-refractivity contribution in [2.75, 3.05) is 24.5 Å². The molecule has 4 rings (SSSR count). The van der Waals surface area contributed by atoms with E-state index in [0.717, 1.165) is 55.6 Å². The third-order valence-electron chi connectivity index (χ3n) is 5.55. The van der Waals surface area contributed by atoms with Gasteiger partial charge < -0.3 is 15.3 Å². The molecule has 6 nitrogen and oxygen atoms in total. The average Bonchev–Trinajstić information content (AvgIpc) is 2.99. The number of aliphatic carboxylic acids is 1. The minimum Gasteiger partial charge on any atom is -0.480 e. The van der Waals surface area contributed by atoms with Gasteiger partial charge in [-0.2, -0.15) is 0 Å². The van der Waals surface area contributed by atoms with Gasteiger partial charge >= 0.3 is 5.97 Å². The van der Waals surface area contributed by atoms with Gasteiger partial charge in [0, 0.05) is 25.0 Å². The number of hydrogen-bond donors (Lipinski definition) is 2. The van der Waals surface area contributed by atoms with Crippen LogP contribution in [0.4, 0.5) is 5.82 Å². The zero-order chi connectivity index (χ0) is 16.7. The fourth-order valence-corrected chi connectivity index (χ4v) is 4.07. The lowest BCUT2D eigenvalue weighted by Crippen LogP contribution is -2.41. The van der Waals surface area contributed by atoms with Crippen molar-refractivity contribution >= 4 is 22.7 Å². The molecule has 0 radical (unpaired) electrons. The molecule has 2 aliphatic heterocycles. The van der Waals surface area contributed by atoms with E-state index in [0.29, 0.717) is 0 Å². The molecule has 0 saturated carbocycles. The first-order chi connectivity index (χ1) is 11.6. The first-order valence-corrected chi connectivity index (χ1v) is 8.49. The van der Waals surface area contributed by atoms with Crippen LogP contribution in [0.5, 0.6) is 0 Å². The summed E-state index contributed by atoms with van der Waals surface area (Å²) >= 11 is 0. The quantitative estimate of drug-likeness (QED) is 0.878. The Labute approximate surface area is 140 Å². The molecule has 24 heavy (non-hydrogen) atoms. The second kappa shape index (κ2) is 5.70. The standard InChI is InChI=1S/C18H22N4O2/c1-12-2-3-14-13(8-12)16(21-11-20-14)22-6-4-18(5-7-22)9-15(17(23)24)19-10-18/h2-3,8,11,15,19H,4-7,9-10H2,1H3,(H,23,24). The summed E-state index contributed by atoms with van der Waals surface area (Å²) in [4.78, 5) is 22.4. The number of fused-ring (bicyclic) bond motifs is 1. The Morgan fingerprint density at radius 3 is 2.83 bits per heavy atom. The number of rotatable bonds is 2. The SMILES string of the molecule is Cc1ccc2ncnc(N3CCC4(CC3)CNC(C(=O)O)C4)c2c1. The van der Waals surface area contributed by atoms with Crippen LogP contribution in [0.2, 0.25) is 0 Å². The molecule has 1 unspecified atom stereocenters. The predicted molar refractivity (Wildman–Crippen MR) is 92.2 cm³/mol. The van der Waals surface area contributed by atoms with Crippen LogP contribution in [0, 0.1) is 12.3 Å². The molecular formula is C18H22N4O2.